The minimum absolute atomic E-state index is 0.172. The number of hydrogen-bond acceptors (Lipinski definition) is 3. The van der Waals surface area contributed by atoms with E-state index in [1.165, 1.54) is 6.20 Å². The molecule has 1 aliphatic carbocycles. The van der Waals surface area contributed by atoms with Gasteiger partial charge in [-0.15, -0.1) is 0 Å². The van der Waals surface area contributed by atoms with Gasteiger partial charge >= 0.3 is 0 Å². The van der Waals surface area contributed by atoms with E-state index >= 15 is 0 Å². The second kappa shape index (κ2) is 4.50. The lowest BCUT2D eigenvalue weighted by atomic mass is 10.2. The highest BCUT2D eigenvalue weighted by Gasteiger charge is 2.46. The van der Waals surface area contributed by atoms with Crippen LogP contribution in [0.4, 0.5) is 0 Å². The predicted octanol–water partition coefficient (Wildman–Crippen LogP) is 2.78. The first-order valence-electron chi connectivity index (χ1n) is 6.14. The first-order chi connectivity index (χ1) is 8.31. The third-order valence-electron chi connectivity index (χ3n) is 3.31. The van der Waals surface area contributed by atoms with E-state index in [0.717, 1.165) is 6.42 Å². The maximum absolute atomic E-state index is 12.1. The van der Waals surface area contributed by atoms with Crippen LogP contribution in [0.2, 0.25) is 5.02 Å². The molecule has 1 aliphatic rings. The van der Waals surface area contributed by atoms with Gasteiger partial charge in [0.1, 0.15) is 11.5 Å². The lowest BCUT2D eigenvalue weighted by Gasteiger charge is -2.09. The molecule has 5 heteroatoms. The van der Waals surface area contributed by atoms with Crippen molar-refractivity contribution in [2.75, 3.05) is 0 Å². The minimum Gasteiger partial charge on any atom is -0.347 e. The van der Waals surface area contributed by atoms with Gasteiger partial charge in [-0.2, -0.15) is 0 Å². The van der Waals surface area contributed by atoms with Crippen LogP contribution >= 0.6 is 11.6 Å². The molecular weight excluding hydrogens is 250 g/mol. The van der Waals surface area contributed by atoms with Crippen LogP contribution in [-0.4, -0.2) is 21.9 Å². The molecule has 1 N–H and O–H groups in total. The second-order valence-corrected chi connectivity index (χ2v) is 6.21. The first kappa shape index (κ1) is 13.3. The van der Waals surface area contributed by atoms with Crippen molar-refractivity contribution in [2.45, 2.75) is 46.1 Å². The summed E-state index contributed by atoms with van der Waals surface area (Å²) in [6.45, 7) is 8.21. The van der Waals surface area contributed by atoms with E-state index in [2.05, 4.69) is 29.1 Å². The molecule has 0 saturated heterocycles. The number of nitrogens with one attached hydrogen (secondary N) is 1. The molecule has 0 radical (unpaired) electrons. The highest BCUT2D eigenvalue weighted by molar-refractivity contribution is 6.33. The van der Waals surface area contributed by atoms with E-state index in [1.807, 2.05) is 13.8 Å². The Hall–Kier alpha value is -1.16. The summed E-state index contributed by atoms with van der Waals surface area (Å²) in [7, 11) is 0. The Bertz CT molecular complexity index is 485. The Morgan fingerprint density at radius 2 is 2.17 bits per heavy atom. The molecule has 0 aliphatic heterocycles. The second-order valence-electron chi connectivity index (χ2n) is 5.80. The number of amides is 1. The molecule has 0 aromatic carbocycles. The fraction of sp³-hybridized carbons (Fsp3) is 0.615. The molecule has 18 heavy (non-hydrogen) atoms. The Morgan fingerprint density at radius 3 is 2.67 bits per heavy atom. The van der Waals surface area contributed by atoms with Gasteiger partial charge < -0.3 is 5.32 Å². The van der Waals surface area contributed by atoms with Gasteiger partial charge in [0.05, 0.1) is 11.2 Å². The quantitative estimate of drug-likeness (QED) is 0.916. The SMILES string of the molecule is CC(C)c1ncc(Cl)c(C(=O)NC2CC2(C)C)n1. The molecule has 1 heterocycles. The molecule has 0 bridgehead atoms. The Kier molecular flexibility index (Phi) is 3.32. The number of halogens is 1. The number of carbonyl (C=O) groups is 1. The van der Waals surface area contributed by atoms with Crippen LogP contribution in [0.3, 0.4) is 0 Å². The Labute approximate surface area is 112 Å². The van der Waals surface area contributed by atoms with Crippen LogP contribution in [0.5, 0.6) is 0 Å². The summed E-state index contributed by atoms with van der Waals surface area (Å²) < 4.78 is 0. The number of carbonyl (C=O) groups excluding carboxylic acids is 1. The van der Waals surface area contributed by atoms with Gasteiger partial charge in [0.25, 0.3) is 5.91 Å². The van der Waals surface area contributed by atoms with E-state index in [1.54, 1.807) is 0 Å². The summed E-state index contributed by atoms with van der Waals surface area (Å²) in [6, 6.07) is 0.221. The fourth-order valence-electron chi connectivity index (χ4n) is 1.76. The van der Waals surface area contributed by atoms with Gasteiger partial charge in [-0.25, -0.2) is 9.97 Å². The highest BCUT2D eigenvalue weighted by atomic mass is 35.5. The lowest BCUT2D eigenvalue weighted by molar-refractivity contribution is 0.0941. The van der Waals surface area contributed by atoms with Crippen LogP contribution in [0.15, 0.2) is 6.20 Å². The smallest absolute Gasteiger partial charge is 0.271 e. The topological polar surface area (TPSA) is 54.9 Å². The average molecular weight is 268 g/mol. The zero-order chi connectivity index (χ0) is 13.5. The zero-order valence-corrected chi connectivity index (χ0v) is 11.9. The van der Waals surface area contributed by atoms with Crippen molar-refractivity contribution >= 4 is 17.5 Å². The molecule has 1 fully saturated rings. The van der Waals surface area contributed by atoms with E-state index in [-0.39, 0.29) is 29.0 Å². The molecule has 98 valence electrons. The molecular formula is C13H18ClN3O. The van der Waals surface area contributed by atoms with Crippen LogP contribution < -0.4 is 5.32 Å². The molecule has 1 saturated carbocycles. The number of nitrogens with zero attached hydrogens (tertiary/aromatic N) is 2. The third kappa shape index (κ3) is 2.64. The molecule has 2 rings (SSSR count). The standard InChI is InChI=1S/C13H18ClN3O/c1-7(2)11-15-6-8(14)10(17-11)12(18)16-9-5-13(9,3)4/h6-7,9H,5H2,1-4H3,(H,16,18). The van der Waals surface area contributed by atoms with Crippen LogP contribution in [0, 0.1) is 5.41 Å². The molecule has 4 nitrogen and oxygen atoms in total. The maximum atomic E-state index is 12.1. The molecule has 1 amide bonds. The zero-order valence-electron chi connectivity index (χ0n) is 11.1. The monoisotopic (exact) mass is 267 g/mol. The number of rotatable bonds is 3. The van der Waals surface area contributed by atoms with E-state index < -0.39 is 0 Å². The normalized spacial score (nSPS) is 20.9. The molecule has 1 atom stereocenters. The van der Waals surface area contributed by atoms with Crippen molar-refractivity contribution in [2.24, 2.45) is 5.41 Å². The average Bonchev–Trinajstić information content (AvgIpc) is 2.85. The van der Waals surface area contributed by atoms with E-state index in [9.17, 15) is 4.79 Å². The van der Waals surface area contributed by atoms with Gasteiger partial charge in [0.2, 0.25) is 0 Å². The van der Waals surface area contributed by atoms with Gasteiger partial charge in [-0.05, 0) is 11.8 Å². The van der Waals surface area contributed by atoms with Crippen LogP contribution in [0.25, 0.3) is 0 Å². The first-order valence-corrected chi connectivity index (χ1v) is 6.52. The Balaban J connectivity index is 2.17. The number of hydrogen-bond donors (Lipinski definition) is 1. The molecule has 0 spiro atoms. The molecule has 1 aromatic rings. The summed E-state index contributed by atoms with van der Waals surface area (Å²) >= 11 is 5.98. The van der Waals surface area contributed by atoms with Gasteiger partial charge in [-0.1, -0.05) is 39.3 Å². The predicted molar refractivity (Wildman–Crippen MR) is 70.8 cm³/mol. The summed E-state index contributed by atoms with van der Waals surface area (Å²) in [4.78, 5) is 20.5. The lowest BCUT2D eigenvalue weighted by Crippen LogP contribution is -2.29. The largest absolute Gasteiger partial charge is 0.347 e. The Morgan fingerprint density at radius 1 is 1.56 bits per heavy atom. The molecule has 1 aromatic heterocycles. The van der Waals surface area contributed by atoms with Crippen molar-refractivity contribution in [3.8, 4) is 0 Å². The van der Waals surface area contributed by atoms with Gasteiger partial charge in [0.15, 0.2) is 0 Å². The van der Waals surface area contributed by atoms with E-state index in [0.29, 0.717) is 10.8 Å². The summed E-state index contributed by atoms with van der Waals surface area (Å²) in [5.41, 5.74) is 0.467. The summed E-state index contributed by atoms with van der Waals surface area (Å²) in [6.07, 6.45) is 2.50. The summed E-state index contributed by atoms with van der Waals surface area (Å²) in [5.74, 6) is 0.602. The van der Waals surface area contributed by atoms with Crippen molar-refractivity contribution < 1.29 is 4.79 Å². The van der Waals surface area contributed by atoms with Gasteiger partial charge in [0, 0.05) is 12.0 Å². The van der Waals surface area contributed by atoms with E-state index in [4.69, 9.17) is 11.6 Å². The van der Waals surface area contributed by atoms with Crippen molar-refractivity contribution in [3.05, 3.63) is 22.7 Å². The third-order valence-corrected chi connectivity index (χ3v) is 3.59. The maximum Gasteiger partial charge on any atom is 0.271 e. The molecule has 1 unspecified atom stereocenters. The van der Waals surface area contributed by atoms with Crippen LogP contribution in [0.1, 0.15) is 56.3 Å². The minimum atomic E-state index is -0.208. The number of aromatic nitrogens is 2. The highest BCUT2D eigenvalue weighted by Crippen LogP contribution is 2.44. The van der Waals surface area contributed by atoms with Crippen molar-refractivity contribution in [1.82, 2.24) is 15.3 Å². The van der Waals surface area contributed by atoms with Crippen molar-refractivity contribution in [1.29, 1.82) is 0 Å². The van der Waals surface area contributed by atoms with Gasteiger partial charge in [-0.3, -0.25) is 4.79 Å². The summed E-state index contributed by atoms with van der Waals surface area (Å²) in [5, 5.41) is 3.25. The van der Waals surface area contributed by atoms with Crippen molar-refractivity contribution in [3.63, 3.8) is 0 Å². The van der Waals surface area contributed by atoms with Crippen LogP contribution in [-0.2, 0) is 0 Å². The fourth-order valence-corrected chi connectivity index (χ4v) is 1.94.